The number of rotatable bonds is 10. The maximum atomic E-state index is 12.3. The van der Waals surface area contributed by atoms with Gasteiger partial charge in [-0.2, -0.15) is 0 Å². The summed E-state index contributed by atoms with van der Waals surface area (Å²) in [5.41, 5.74) is 11.6. The maximum absolute atomic E-state index is 12.3. The predicted molar refractivity (Wildman–Crippen MR) is 137 cm³/mol. The van der Waals surface area contributed by atoms with E-state index in [4.69, 9.17) is 28.2 Å². The van der Waals surface area contributed by atoms with Crippen molar-refractivity contribution >= 4 is 40.3 Å². The summed E-state index contributed by atoms with van der Waals surface area (Å²) in [7, 11) is 0. The number of hydrogen-bond donors (Lipinski definition) is 6. The number of nitrogens with one attached hydrogen (secondary N) is 2. The van der Waals surface area contributed by atoms with Gasteiger partial charge in [0.2, 0.25) is 5.56 Å². The molecule has 0 saturated heterocycles. The molecule has 0 radical (unpaired) electrons. The first kappa shape index (κ1) is 28.5. The molecule has 1 aromatic heterocycles. The molecule has 0 bridgehead atoms. The second-order valence-corrected chi connectivity index (χ2v) is 8.45. The molecular formula is C25H29ClN4O6. The minimum atomic E-state index is -1.18. The van der Waals surface area contributed by atoms with E-state index < -0.39 is 29.9 Å². The van der Waals surface area contributed by atoms with Crippen molar-refractivity contribution in [2.45, 2.75) is 37.8 Å². The molecule has 11 heteroatoms. The lowest BCUT2D eigenvalue weighted by Crippen LogP contribution is -2.42. The monoisotopic (exact) mass is 516 g/mol. The summed E-state index contributed by atoms with van der Waals surface area (Å²) in [4.78, 5) is 48.6. The van der Waals surface area contributed by atoms with Gasteiger partial charge in [-0.05, 0) is 55.3 Å². The van der Waals surface area contributed by atoms with Gasteiger partial charge in [0, 0.05) is 34.0 Å². The van der Waals surface area contributed by atoms with Crippen LogP contribution in [0.4, 0.5) is 0 Å². The molecule has 3 rings (SSSR count). The average Bonchev–Trinajstić information content (AvgIpc) is 2.84. The van der Waals surface area contributed by atoms with E-state index in [1.807, 2.05) is 0 Å². The molecular weight excluding hydrogens is 488 g/mol. The molecule has 3 aromatic rings. The summed E-state index contributed by atoms with van der Waals surface area (Å²) in [6, 6.07) is 12.7. The van der Waals surface area contributed by atoms with Crippen molar-refractivity contribution in [1.29, 1.82) is 0 Å². The summed E-state index contributed by atoms with van der Waals surface area (Å²) in [5.74, 6) is -2.64. The zero-order valence-electron chi connectivity index (χ0n) is 19.4. The lowest BCUT2D eigenvalue weighted by molar-refractivity contribution is -0.139. The maximum Gasteiger partial charge on any atom is 0.326 e. The molecule has 2 unspecified atom stereocenters. The molecule has 0 fully saturated rings. The van der Waals surface area contributed by atoms with Crippen LogP contribution in [0.5, 0.6) is 0 Å². The second kappa shape index (κ2) is 14.0. The Morgan fingerprint density at radius 3 is 2.28 bits per heavy atom. The van der Waals surface area contributed by atoms with Crippen molar-refractivity contribution in [3.05, 3.63) is 81.1 Å². The van der Waals surface area contributed by atoms with Gasteiger partial charge in [0.05, 0.1) is 0 Å². The SMILES string of the molecule is NCCCCC(N)C(=O)O.O=C(NC(Cc1cc(=O)[nH]c2ccccc12)C(=O)O)c1ccc(Cl)cc1. The van der Waals surface area contributed by atoms with E-state index in [9.17, 15) is 24.3 Å². The second-order valence-electron chi connectivity index (χ2n) is 8.01. The Balaban J connectivity index is 0.000000388. The molecule has 192 valence electrons. The highest BCUT2D eigenvalue weighted by Gasteiger charge is 2.22. The van der Waals surface area contributed by atoms with Crippen LogP contribution in [0.15, 0.2) is 59.4 Å². The highest BCUT2D eigenvalue weighted by Crippen LogP contribution is 2.17. The lowest BCUT2D eigenvalue weighted by atomic mass is 10.0. The Kier molecular flexibility index (Phi) is 11.1. The number of fused-ring (bicyclic) bond motifs is 1. The number of hydrogen-bond acceptors (Lipinski definition) is 6. The molecule has 10 nitrogen and oxygen atoms in total. The van der Waals surface area contributed by atoms with Crippen molar-refractivity contribution in [2.24, 2.45) is 11.5 Å². The summed E-state index contributed by atoms with van der Waals surface area (Å²) < 4.78 is 0. The quantitative estimate of drug-likeness (QED) is 0.221. The number of carbonyl (C=O) groups excluding carboxylic acids is 1. The first-order valence-corrected chi connectivity index (χ1v) is 11.6. The van der Waals surface area contributed by atoms with Crippen LogP contribution in [-0.4, -0.2) is 51.7 Å². The molecule has 0 aliphatic heterocycles. The van der Waals surface area contributed by atoms with Crippen molar-refractivity contribution in [3.63, 3.8) is 0 Å². The number of nitrogens with two attached hydrogens (primary N) is 2. The van der Waals surface area contributed by atoms with Gasteiger partial charge >= 0.3 is 11.9 Å². The average molecular weight is 517 g/mol. The number of aromatic amines is 1. The summed E-state index contributed by atoms with van der Waals surface area (Å²) in [6.45, 7) is 0.604. The zero-order valence-corrected chi connectivity index (χ0v) is 20.2. The number of pyridine rings is 1. The Labute approximate surface area is 212 Å². The fraction of sp³-hybridized carbons (Fsp3) is 0.280. The van der Waals surface area contributed by atoms with Gasteiger partial charge in [-0.25, -0.2) is 4.79 Å². The lowest BCUT2D eigenvalue weighted by Gasteiger charge is -2.16. The van der Waals surface area contributed by atoms with Gasteiger partial charge in [-0.1, -0.05) is 36.2 Å². The van der Waals surface area contributed by atoms with Gasteiger partial charge in [-0.15, -0.1) is 0 Å². The van der Waals surface area contributed by atoms with Crippen LogP contribution < -0.4 is 22.3 Å². The highest BCUT2D eigenvalue weighted by molar-refractivity contribution is 6.30. The largest absolute Gasteiger partial charge is 0.480 e. The van der Waals surface area contributed by atoms with E-state index in [2.05, 4.69) is 10.3 Å². The number of unbranched alkanes of at least 4 members (excludes halogenated alkanes) is 1. The Morgan fingerprint density at radius 1 is 1.00 bits per heavy atom. The molecule has 0 aliphatic rings. The van der Waals surface area contributed by atoms with Gasteiger partial charge in [0.25, 0.3) is 5.91 Å². The third-order valence-electron chi connectivity index (χ3n) is 5.26. The van der Waals surface area contributed by atoms with Crippen LogP contribution in [0.1, 0.15) is 35.2 Å². The number of carboxylic acids is 2. The normalized spacial score (nSPS) is 12.2. The number of benzene rings is 2. The van der Waals surface area contributed by atoms with Crippen LogP contribution in [0.25, 0.3) is 10.9 Å². The molecule has 8 N–H and O–H groups in total. The Morgan fingerprint density at radius 2 is 1.67 bits per heavy atom. The number of aromatic nitrogens is 1. The molecule has 1 amide bonds. The minimum absolute atomic E-state index is 0.0148. The standard InChI is InChI=1S/C19H15ClN2O4.C6H14N2O2/c20-13-7-5-11(6-8-13)18(24)22-16(19(25)26)9-12-10-17(23)21-15-4-2-1-3-14(12)15;7-4-2-1-3-5(8)6(9)10/h1-8,10,16H,9H2,(H,21,23)(H,22,24)(H,25,26);5H,1-4,7-8H2,(H,9,10). The van der Waals surface area contributed by atoms with Crippen LogP contribution in [0.2, 0.25) is 5.02 Å². The van der Waals surface area contributed by atoms with Crippen LogP contribution in [0, 0.1) is 0 Å². The summed E-state index contributed by atoms with van der Waals surface area (Å²) >= 11 is 5.79. The van der Waals surface area contributed by atoms with Crippen molar-refractivity contribution in [3.8, 4) is 0 Å². The van der Waals surface area contributed by atoms with Gasteiger partial charge in [-0.3, -0.25) is 14.4 Å². The zero-order chi connectivity index (χ0) is 26.7. The molecule has 0 aliphatic carbocycles. The first-order valence-electron chi connectivity index (χ1n) is 11.2. The Hall–Kier alpha value is -3.73. The number of H-pyrrole nitrogens is 1. The molecule has 36 heavy (non-hydrogen) atoms. The van der Waals surface area contributed by atoms with Crippen molar-refractivity contribution in [1.82, 2.24) is 10.3 Å². The van der Waals surface area contributed by atoms with Crippen LogP contribution in [-0.2, 0) is 16.0 Å². The number of carbonyl (C=O) groups is 3. The van der Waals surface area contributed by atoms with E-state index in [1.54, 1.807) is 36.4 Å². The summed E-state index contributed by atoms with van der Waals surface area (Å²) in [6.07, 6.45) is 2.15. The molecule has 2 aromatic carbocycles. The fourth-order valence-electron chi connectivity index (χ4n) is 3.34. The first-order chi connectivity index (χ1) is 17.1. The number of para-hydroxylation sites is 1. The molecule has 1 heterocycles. The van der Waals surface area contributed by atoms with Gasteiger partial charge in [0.15, 0.2) is 0 Å². The van der Waals surface area contributed by atoms with Crippen molar-refractivity contribution < 1.29 is 24.6 Å². The van der Waals surface area contributed by atoms with E-state index in [0.29, 0.717) is 34.6 Å². The van der Waals surface area contributed by atoms with E-state index in [1.165, 1.54) is 18.2 Å². The van der Waals surface area contributed by atoms with E-state index >= 15 is 0 Å². The molecule has 0 saturated carbocycles. The highest BCUT2D eigenvalue weighted by atomic mass is 35.5. The van der Waals surface area contributed by atoms with Gasteiger partial charge in [0.1, 0.15) is 12.1 Å². The van der Waals surface area contributed by atoms with E-state index in [-0.39, 0.29) is 12.0 Å². The smallest absolute Gasteiger partial charge is 0.326 e. The number of halogens is 1. The number of aliphatic carboxylic acids is 2. The topological polar surface area (TPSA) is 189 Å². The molecule has 0 spiro atoms. The minimum Gasteiger partial charge on any atom is -0.480 e. The van der Waals surface area contributed by atoms with E-state index in [0.717, 1.165) is 18.2 Å². The number of carboxylic acid groups (broad SMARTS) is 2. The van der Waals surface area contributed by atoms with Crippen molar-refractivity contribution in [2.75, 3.05) is 6.54 Å². The Bertz CT molecular complexity index is 1250. The van der Waals surface area contributed by atoms with Crippen LogP contribution in [0.3, 0.4) is 0 Å². The summed E-state index contributed by atoms with van der Waals surface area (Å²) in [5, 5.41) is 21.5. The number of amides is 1. The molecule has 2 atom stereocenters. The third-order valence-corrected chi connectivity index (χ3v) is 5.51. The van der Waals surface area contributed by atoms with Gasteiger partial charge < -0.3 is 32.0 Å². The third kappa shape index (κ3) is 8.81. The predicted octanol–water partition coefficient (Wildman–Crippen LogP) is 2.13. The fourth-order valence-corrected chi connectivity index (χ4v) is 3.47. The van der Waals surface area contributed by atoms with Crippen LogP contribution >= 0.6 is 11.6 Å².